The first-order valence-corrected chi connectivity index (χ1v) is 5.57. The Morgan fingerprint density at radius 2 is 2.05 bits per heavy atom. The SMILES string of the molecule is NC1(C(=O)Nc2c(F)cc(F)cc2[N+](=O)[O-])CCC1. The first kappa shape index (κ1) is 13.3. The van der Waals surface area contributed by atoms with E-state index >= 15 is 0 Å². The van der Waals surface area contributed by atoms with Crippen molar-refractivity contribution < 1.29 is 18.5 Å². The van der Waals surface area contributed by atoms with E-state index in [1.807, 2.05) is 0 Å². The fourth-order valence-corrected chi connectivity index (χ4v) is 1.85. The largest absolute Gasteiger partial charge is 0.317 e. The van der Waals surface area contributed by atoms with Gasteiger partial charge in [0.25, 0.3) is 5.69 Å². The summed E-state index contributed by atoms with van der Waals surface area (Å²) in [7, 11) is 0. The van der Waals surface area contributed by atoms with Crippen molar-refractivity contribution in [1.82, 2.24) is 0 Å². The third kappa shape index (κ3) is 2.39. The van der Waals surface area contributed by atoms with Crippen LogP contribution in [0.1, 0.15) is 19.3 Å². The van der Waals surface area contributed by atoms with Crippen molar-refractivity contribution in [3.8, 4) is 0 Å². The topological polar surface area (TPSA) is 98.3 Å². The number of nitrogens with two attached hydrogens (primary N) is 1. The summed E-state index contributed by atoms with van der Waals surface area (Å²) in [5.41, 5.74) is 3.09. The molecule has 6 nitrogen and oxygen atoms in total. The Labute approximate surface area is 106 Å². The van der Waals surface area contributed by atoms with Gasteiger partial charge in [0.05, 0.1) is 16.5 Å². The Bertz CT molecular complexity index is 558. The van der Waals surface area contributed by atoms with Crippen LogP contribution in [0.3, 0.4) is 0 Å². The van der Waals surface area contributed by atoms with E-state index in [4.69, 9.17) is 5.73 Å². The number of carbonyl (C=O) groups excluding carboxylic acids is 1. The maximum absolute atomic E-state index is 13.5. The minimum Gasteiger partial charge on any atom is -0.317 e. The first-order chi connectivity index (χ1) is 8.83. The highest BCUT2D eigenvalue weighted by atomic mass is 19.1. The molecule has 0 aromatic heterocycles. The average molecular weight is 271 g/mol. The summed E-state index contributed by atoms with van der Waals surface area (Å²) < 4.78 is 26.5. The summed E-state index contributed by atoms with van der Waals surface area (Å²) in [6, 6.07) is 1.01. The maximum atomic E-state index is 13.5. The van der Waals surface area contributed by atoms with Gasteiger partial charge in [-0.2, -0.15) is 0 Å². The number of hydrogen-bond donors (Lipinski definition) is 2. The summed E-state index contributed by atoms with van der Waals surface area (Å²) in [5.74, 6) is -3.00. The van der Waals surface area contributed by atoms with Gasteiger partial charge < -0.3 is 11.1 Å². The van der Waals surface area contributed by atoms with Crippen LogP contribution < -0.4 is 11.1 Å². The third-order valence-electron chi connectivity index (χ3n) is 3.17. The zero-order valence-corrected chi connectivity index (χ0v) is 9.78. The minimum absolute atomic E-state index is 0.426. The van der Waals surface area contributed by atoms with E-state index in [1.54, 1.807) is 0 Å². The molecule has 0 saturated heterocycles. The Kier molecular flexibility index (Phi) is 3.19. The van der Waals surface area contributed by atoms with Crippen molar-refractivity contribution in [1.29, 1.82) is 0 Å². The zero-order valence-electron chi connectivity index (χ0n) is 9.78. The van der Waals surface area contributed by atoms with Crippen LogP contribution in [0.5, 0.6) is 0 Å². The van der Waals surface area contributed by atoms with E-state index in [2.05, 4.69) is 5.32 Å². The standard InChI is InChI=1S/C11H11F2N3O3/c12-6-4-7(13)9(8(5-6)16(18)19)15-10(17)11(14)2-1-3-11/h4-5H,1-3,14H2,(H,15,17). The number of nitrogens with one attached hydrogen (secondary N) is 1. The smallest absolute Gasteiger partial charge is 0.298 e. The Morgan fingerprint density at radius 3 is 2.53 bits per heavy atom. The van der Waals surface area contributed by atoms with Gasteiger partial charge in [0.2, 0.25) is 5.91 Å². The van der Waals surface area contributed by atoms with Crippen molar-refractivity contribution >= 4 is 17.3 Å². The second-order valence-electron chi connectivity index (χ2n) is 4.50. The summed E-state index contributed by atoms with van der Waals surface area (Å²) in [4.78, 5) is 21.6. The predicted molar refractivity (Wildman–Crippen MR) is 62.4 cm³/mol. The number of nitro benzene ring substituents is 1. The number of benzene rings is 1. The zero-order chi connectivity index (χ0) is 14.2. The number of rotatable bonds is 3. The van der Waals surface area contributed by atoms with E-state index in [0.717, 1.165) is 6.42 Å². The fraction of sp³-hybridized carbons (Fsp3) is 0.364. The van der Waals surface area contributed by atoms with Gasteiger partial charge in [-0.05, 0) is 19.3 Å². The predicted octanol–water partition coefficient (Wildman–Crippen LogP) is 1.69. The molecule has 19 heavy (non-hydrogen) atoms. The molecule has 1 aliphatic rings. The van der Waals surface area contributed by atoms with E-state index in [1.165, 1.54) is 0 Å². The summed E-state index contributed by atoms with van der Waals surface area (Å²) in [6.07, 6.45) is 1.61. The number of anilines is 1. The van der Waals surface area contributed by atoms with Crippen LogP contribution in [-0.4, -0.2) is 16.4 Å². The van der Waals surface area contributed by atoms with Gasteiger partial charge in [0.15, 0.2) is 11.5 Å². The van der Waals surface area contributed by atoms with Crippen molar-refractivity contribution in [2.45, 2.75) is 24.8 Å². The lowest BCUT2D eigenvalue weighted by molar-refractivity contribution is -0.384. The van der Waals surface area contributed by atoms with Crippen molar-refractivity contribution in [3.63, 3.8) is 0 Å². The summed E-state index contributed by atoms with van der Waals surface area (Å²) >= 11 is 0. The summed E-state index contributed by atoms with van der Waals surface area (Å²) in [6.45, 7) is 0. The number of hydrogen-bond acceptors (Lipinski definition) is 4. The van der Waals surface area contributed by atoms with E-state index in [0.29, 0.717) is 25.0 Å². The molecule has 3 N–H and O–H groups in total. The molecule has 8 heteroatoms. The van der Waals surface area contributed by atoms with Gasteiger partial charge in [0.1, 0.15) is 5.82 Å². The third-order valence-corrected chi connectivity index (χ3v) is 3.17. The number of halogens is 2. The maximum Gasteiger partial charge on any atom is 0.298 e. The average Bonchev–Trinajstić information content (AvgIpc) is 2.28. The number of nitro groups is 1. The lowest BCUT2D eigenvalue weighted by atomic mass is 9.77. The number of amides is 1. The minimum atomic E-state index is -1.21. The Hall–Kier alpha value is -2.09. The van der Waals surface area contributed by atoms with E-state index < -0.39 is 39.4 Å². The van der Waals surface area contributed by atoms with Gasteiger partial charge in [-0.3, -0.25) is 14.9 Å². The van der Waals surface area contributed by atoms with Crippen LogP contribution in [0.2, 0.25) is 0 Å². The molecule has 1 aromatic rings. The molecule has 2 rings (SSSR count). The van der Waals surface area contributed by atoms with Gasteiger partial charge in [-0.25, -0.2) is 8.78 Å². The molecule has 1 saturated carbocycles. The number of nitrogens with zero attached hydrogens (tertiary/aromatic N) is 1. The molecule has 0 bridgehead atoms. The molecule has 1 aliphatic carbocycles. The van der Waals surface area contributed by atoms with Gasteiger partial charge in [0, 0.05) is 6.07 Å². The van der Waals surface area contributed by atoms with Crippen LogP contribution in [0.15, 0.2) is 12.1 Å². The molecule has 1 aromatic carbocycles. The highest BCUT2D eigenvalue weighted by Gasteiger charge is 2.41. The molecule has 0 aliphatic heterocycles. The Balaban J connectivity index is 2.34. The molecular formula is C11H11F2N3O3. The van der Waals surface area contributed by atoms with Crippen LogP contribution in [0, 0.1) is 21.7 Å². The molecule has 1 amide bonds. The van der Waals surface area contributed by atoms with Gasteiger partial charge in [-0.1, -0.05) is 0 Å². The quantitative estimate of drug-likeness (QED) is 0.645. The summed E-state index contributed by atoms with van der Waals surface area (Å²) in [5, 5.41) is 12.8. The molecule has 0 radical (unpaired) electrons. The molecule has 0 unspecified atom stereocenters. The van der Waals surface area contributed by atoms with Crippen LogP contribution in [-0.2, 0) is 4.79 Å². The van der Waals surface area contributed by atoms with Crippen molar-refractivity contribution in [3.05, 3.63) is 33.9 Å². The molecule has 0 spiro atoms. The lowest BCUT2D eigenvalue weighted by Gasteiger charge is -2.36. The highest BCUT2D eigenvalue weighted by Crippen LogP contribution is 2.33. The fourth-order valence-electron chi connectivity index (χ4n) is 1.85. The van der Waals surface area contributed by atoms with Crippen LogP contribution >= 0.6 is 0 Å². The first-order valence-electron chi connectivity index (χ1n) is 5.57. The highest BCUT2D eigenvalue weighted by molar-refractivity contribution is 6.00. The molecule has 1 fully saturated rings. The lowest BCUT2D eigenvalue weighted by Crippen LogP contribution is -2.56. The van der Waals surface area contributed by atoms with Crippen molar-refractivity contribution in [2.24, 2.45) is 5.73 Å². The number of carbonyl (C=O) groups is 1. The molecular weight excluding hydrogens is 260 g/mol. The molecule has 0 atom stereocenters. The van der Waals surface area contributed by atoms with Crippen molar-refractivity contribution in [2.75, 3.05) is 5.32 Å². The second kappa shape index (κ2) is 4.54. The second-order valence-corrected chi connectivity index (χ2v) is 4.50. The van der Waals surface area contributed by atoms with Crippen LogP contribution in [0.25, 0.3) is 0 Å². The van der Waals surface area contributed by atoms with Crippen LogP contribution in [0.4, 0.5) is 20.2 Å². The van der Waals surface area contributed by atoms with Gasteiger partial charge >= 0.3 is 0 Å². The van der Waals surface area contributed by atoms with E-state index in [9.17, 15) is 23.7 Å². The Morgan fingerprint density at radius 1 is 1.42 bits per heavy atom. The van der Waals surface area contributed by atoms with Gasteiger partial charge in [-0.15, -0.1) is 0 Å². The monoisotopic (exact) mass is 271 g/mol. The normalized spacial score (nSPS) is 16.6. The van der Waals surface area contributed by atoms with E-state index in [-0.39, 0.29) is 0 Å². The molecule has 102 valence electrons. The molecule has 0 heterocycles.